The van der Waals surface area contributed by atoms with Crippen LogP contribution >= 0.6 is 27.3 Å². The number of anilines is 1. The second-order valence-electron chi connectivity index (χ2n) is 6.07. The Balaban J connectivity index is 1.64. The van der Waals surface area contributed by atoms with Crippen molar-refractivity contribution >= 4 is 49.1 Å². The number of benzene rings is 2. The first-order valence-corrected chi connectivity index (χ1v) is 9.96. The molecule has 0 fully saturated rings. The zero-order valence-electron chi connectivity index (χ0n) is 14.4. The number of hydrogen-bond donors (Lipinski definition) is 1. The number of fused-ring (bicyclic) bond motifs is 1. The molecule has 0 unspecified atom stereocenters. The van der Waals surface area contributed by atoms with Crippen molar-refractivity contribution in [3.8, 4) is 11.1 Å². The second kappa shape index (κ2) is 7.65. The van der Waals surface area contributed by atoms with Gasteiger partial charge in [0.15, 0.2) is 0 Å². The van der Waals surface area contributed by atoms with Gasteiger partial charge >= 0.3 is 0 Å². The van der Waals surface area contributed by atoms with Gasteiger partial charge in [-0.15, -0.1) is 11.3 Å². The van der Waals surface area contributed by atoms with Gasteiger partial charge in [-0.2, -0.15) is 0 Å². The number of carbonyl (C=O) groups excluding carboxylic acids is 1. The fourth-order valence-corrected chi connectivity index (χ4v) is 3.98. The molecule has 1 amide bonds. The summed E-state index contributed by atoms with van der Waals surface area (Å²) in [4.78, 5) is 30.2. The van der Waals surface area contributed by atoms with Crippen LogP contribution in [0.3, 0.4) is 0 Å². The number of carbonyl (C=O) groups is 1. The minimum Gasteiger partial charge on any atom is -0.325 e. The summed E-state index contributed by atoms with van der Waals surface area (Å²) in [5.41, 5.74) is 1.87. The number of hydrogen-bond acceptors (Lipinski definition) is 4. The summed E-state index contributed by atoms with van der Waals surface area (Å²) in [6.07, 6.45) is 1.37. The van der Waals surface area contributed by atoms with E-state index in [1.165, 1.54) is 46.5 Å². The Bertz CT molecular complexity index is 1220. The van der Waals surface area contributed by atoms with E-state index in [0.717, 1.165) is 15.6 Å². The van der Waals surface area contributed by atoms with Crippen molar-refractivity contribution in [3.63, 3.8) is 0 Å². The van der Waals surface area contributed by atoms with Crippen LogP contribution in [0.5, 0.6) is 0 Å². The molecule has 2 aromatic heterocycles. The smallest absolute Gasteiger partial charge is 0.263 e. The number of halogens is 2. The summed E-state index contributed by atoms with van der Waals surface area (Å²) in [5, 5.41) is 5.03. The maximum Gasteiger partial charge on any atom is 0.263 e. The molecule has 0 radical (unpaired) electrons. The van der Waals surface area contributed by atoms with Gasteiger partial charge in [-0.05, 0) is 42.0 Å². The molecule has 0 saturated carbocycles. The first-order valence-electron chi connectivity index (χ1n) is 8.29. The molecule has 8 heteroatoms. The lowest BCUT2D eigenvalue weighted by Gasteiger charge is -2.08. The highest BCUT2D eigenvalue weighted by Crippen LogP contribution is 2.31. The lowest BCUT2D eigenvalue weighted by molar-refractivity contribution is -0.116. The Morgan fingerprint density at radius 3 is 2.57 bits per heavy atom. The normalized spacial score (nSPS) is 10.9. The van der Waals surface area contributed by atoms with Crippen LogP contribution in [0.2, 0.25) is 0 Å². The van der Waals surface area contributed by atoms with E-state index in [0.29, 0.717) is 15.9 Å². The zero-order valence-corrected chi connectivity index (χ0v) is 16.8. The van der Waals surface area contributed by atoms with Crippen molar-refractivity contribution in [2.75, 3.05) is 5.32 Å². The van der Waals surface area contributed by atoms with Crippen LogP contribution in [0.25, 0.3) is 21.3 Å². The fourth-order valence-electron chi connectivity index (χ4n) is 2.81. The molecule has 140 valence electrons. The topological polar surface area (TPSA) is 64.0 Å². The minimum atomic E-state index is -0.393. The van der Waals surface area contributed by atoms with Gasteiger partial charge in [0.2, 0.25) is 5.91 Å². The zero-order chi connectivity index (χ0) is 19.7. The average molecular weight is 458 g/mol. The molecule has 0 atom stereocenters. The molecule has 0 bridgehead atoms. The van der Waals surface area contributed by atoms with Crippen molar-refractivity contribution in [3.05, 3.63) is 80.9 Å². The van der Waals surface area contributed by atoms with Gasteiger partial charge in [0.1, 0.15) is 17.2 Å². The first-order chi connectivity index (χ1) is 13.5. The Kier molecular flexibility index (Phi) is 5.06. The largest absolute Gasteiger partial charge is 0.325 e. The molecule has 5 nitrogen and oxygen atoms in total. The number of rotatable bonds is 4. The Morgan fingerprint density at radius 1 is 1.14 bits per heavy atom. The molecule has 0 spiro atoms. The quantitative estimate of drug-likeness (QED) is 0.484. The predicted octanol–water partition coefficient (Wildman–Crippen LogP) is 4.67. The Morgan fingerprint density at radius 2 is 1.86 bits per heavy atom. The van der Waals surface area contributed by atoms with Crippen LogP contribution in [0, 0.1) is 5.82 Å². The van der Waals surface area contributed by atoms with Crippen LogP contribution in [0.15, 0.2) is 69.5 Å². The number of amides is 1. The van der Waals surface area contributed by atoms with Crippen molar-refractivity contribution in [2.24, 2.45) is 0 Å². The molecule has 1 N–H and O–H groups in total. The average Bonchev–Trinajstić information content (AvgIpc) is 3.11. The van der Waals surface area contributed by atoms with E-state index >= 15 is 0 Å². The minimum absolute atomic E-state index is 0.186. The van der Waals surface area contributed by atoms with Gasteiger partial charge < -0.3 is 5.32 Å². The fraction of sp³-hybridized carbons (Fsp3) is 0.0500. The standard InChI is InChI=1S/C20H13BrFN3O2S/c21-13-3-1-12(2-4-13)16-10-28-19-18(16)20(27)25(11-23-19)9-17(26)24-15-7-5-14(22)6-8-15/h1-8,10-11H,9H2,(H,24,26). The van der Waals surface area contributed by atoms with E-state index in [1.807, 2.05) is 29.6 Å². The highest BCUT2D eigenvalue weighted by Gasteiger charge is 2.15. The lowest BCUT2D eigenvalue weighted by Crippen LogP contribution is -2.27. The van der Waals surface area contributed by atoms with Crippen molar-refractivity contribution in [2.45, 2.75) is 6.54 Å². The number of nitrogens with one attached hydrogen (secondary N) is 1. The van der Waals surface area contributed by atoms with E-state index in [4.69, 9.17) is 0 Å². The van der Waals surface area contributed by atoms with Gasteiger partial charge in [-0.25, -0.2) is 9.37 Å². The summed E-state index contributed by atoms with van der Waals surface area (Å²) in [6, 6.07) is 13.1. The van der Waals surface area contributed by atoms with Gasteiger partial charge in [0.25, 0.3) is 5.56 Å². The monoisotopic (exact) mass is 457 g/mol. The highest BCUT2D eigenvalue weighted by atomic mass is 79.9. The van der Waals surface area contributed by atoms with Crippen molar-refractivity contribution < 1.29 is 9.18 Å². The lowest BCUT2D eigenvalue weighted by atomic mass is 10.1. The highest BCUT2D eigenvalue weighted by molar-refractivity contribution is 9.10. The van der Waals surface area contributed by atoms with E-state index in [2.05, 4.69) is 26.2 Å². The summed E-state index contributed by atoms with van der Waals surface area (Å²) >= 11 is 4.79. The second-order valence-corrected chi connectivity index (χ2v) is 7.84. The van der Waals surface area contributed by atoms with Crippen molar-refractivity contribution in [1.29, 1.82) is 0 Å². The van der Waals surface area contributed by atoms with Gasteiger partial charge in [-0.3, -0.25) is 14.2 Å². The molecular formula is C20H13BrFN3O2S. The summed E-state index contributed by atoms with van der Waals surface area (Å²) in [7, 11) is 0. The van der Waals surface area contributed by atoms with Crippen LogP contribution in [0.1, 0.15) is 0 Å². The Hall–Kier alpha value is -2.84. The SMILES string of the molecule is O=C(Cn1cnc2scc(-c3ccc(Br)cc3)c2c1=O)Nc1ccc(F)cc1. The van der Waals surface area contributed by atoms with E-state index in [1.54, 1.807) is 0 Å². The molecular weight excluding hydrogens is 445 g/mol. The molecule has 28 heavy (non-hydrogen) atoms. The molecule has 0 saturated heterocycles. The third-order valence-electron chi connectivity index (χ3n) is 4.16. The molecule has 2 aromatic carbocycles. The van der Waals surface area contributed by atoms with Crippen LogP contribution in [-0.4, -0.2) is 15.5 Å². The van der Waals surface area contributed by atoms with E-state index < -0.39 is 5.91 Å². The van der Waals surface area contributed by atoms with Crippen LogP contribution in [-0.2, 0) is 11.3 Å². The van der Waals surface area contributed by atoms with E-state index in [-0.39, 0.29) is 17.9 Å². The summed E-state index contributed by atoms with van der Waals surface area (Å²) in [5.74, 6) is -0.780. The molecule has 0 aliphatic carbocycles. The van der Waals surface area contributed by atoms with Gasteiger partial charge in [0, 0.05) is 21.1 Å². The third kappa shape index (κ3) is 3.74. The molecule has 0 aliphatic rings. The summed E-state index contributed by atoms with van der Waals surface area (Å²) in [6.45, 7) is -0.186. The van der Waals surface area contributed by atoms with E-state index in [9.17, 15) is 14.0 Å². The number of thiophene rings is 1. The molecule has 2 heterocycles. The first kappa shape index (κ1) is 18.5. The maximum atomic E-state index is 13.0. The molecule has 0 aliphatic heterocycles. The maximum absolute atomic E-state index is 13.0. The molecule has 4 rings (SSSR count). The predicted molar refractivity (Wildman–Crippen MR) is 112 cm³/mol. The van der Waals surface area contributed by atoms with Gasteiger partial charge in [0.05, 0.1) is 11.7 Å². The van der Waals surface area contributed by atoms with Gasteiger partial charge in [-0.1, -0.05) is 28.1 Å². The number of nitrogens with zero attached hydrogens (tertiary/aromatic N) is 2. The number of aromatic nitrogens is 2. The Labute approximate surface area is 171 Å². The summed E-state index contributed by atoms with van der Waals surface area (Å²) < 4.78 is 15.2. The third-order valence-corrected chi connectivity index (χ3v) is 5.57. The molecule has 4 aromatic rings. The van der Waals surface area contributed by atoms with Crippen LogP contribution < -0.4 is 10.9 Å². The van der Waals surface area contributed by atoms with Crippen molar-refractivity contribution in [1.82, 2.24) is 9.55 Å². The van der Waals surface area contributed by atoms with Crippen LogP contribution in [0.4, 0.5) is 10.1 Å².